The molecule has 0 saturated heterocycles. The van der Waals surface area contributed by atoms with Crippen molar-refractivity contribution in [1.29, 1.82) is 5.41 Å². The molecule has 2 aromatic rings. The first kappa shape index (κ1) is 21.8. The third-order valence-electron chi connectivity index (χ3n) is 5.31. The summed E-state index contributed by atoms with van der Waals surface area (Å²) in [6, 6.07) is 13.3. The molecule has 29 heavy (non-hydrogen) atoms. The van der Waals surface area contributed by atoms with E-state index in [-0.39, 0.29) is 17.7 Å². The van der Waals surface area contributed by atoms with E-state index < -0.39 is 12.3 Å². The highest BCUT2D eigenvalue weighted by Crippen LogP contribution is 2.29. The van der Waals surface area contributed by atoms with Crippen molar-refractivity contribution in [3.05, 3.63) is 69.7 Å². The Hall–Kier alpha value is -1.92. The summed E-state index contributed by atoms with van der Waals surface area (Å²) in [5.41, 5.74) is 1.17. The topological polar surface area (TPSA) is 85.2 Å². The molecule has 1 aliphatic carbocycles. The van der Waals surface area contributed by atoms with Gasteiger partial charge >= 0.3 is 0 Å². The number of rotatable bonds is 6. The number of carbonyl (C=O) groups excluding carboxylic acids is 1. The van der Waals surface area contributed by atoms with E-state index in [1.165, 1.54) is 0 Å². The van der Waals surface area contributed by atoms with E-state index in [1.54, 1.807) is 30.3 Å². The summed E-state index contributed by atoms with van der Waals surface area (Å²) in [7, 11) is 0. The van der Waals surface area contributed by atoms with E-state index in [4.69, 9.17) is 28.6 Å². The summed E-state index contributed by atoms with van der Waals surface area (Å²) in [4.78, 5) is 13.0. The number of benzene rings is 2. The molecule has 0 aromatic heterocycles. The fraction of sp³-hybridized carbons (Fsp3) is 0.364. The Morgan fingerprint density at radius 2 is 1.72 bits per heavy atom. The Labute approximate surface area is 180 Å². The number of halogens is 2. The first-order valence-corrected chi connectivity index (χ1v) is 10.5. The first-order valence-electron chi connectivity index (χ1n) is 9.79. The molecule has 0 radical (unpaired) electrons. The van der Waals surface area contributed by atoms with Gasteiger partial charge in [0.15, 0.2) is 0 Å². The zero-order valence-corrected chi connectivity index (χ0v) is 17.5. The van der Waals surface area contributed by atoms with Gasteiger partial charge in [0.1, 0.15) is 12.1 Å². The zero-order chi connectivity index (χ0) is 20.8. The van der Waals surface area contributed by atoms with Gasteiger partial charge in [0, 0.05) is 5.56 Å². The molecule has 0 heterocycles. The number of aliphatic hydroxyl groups is 1. The average Bonchev–Trinajstić information content (AvgIpc) is 2.74. The molecule has 1 saturated carbocycles. The lowest BCUT2D eigenvalue weighted by molar-refractivity contribution is -0.124. The predicted molar refractivity (Wildman–Crippen MR) is 116 cm³/mol. The van der Waals surface area contributed by atoms with Gasteiger partial charge in [-0.3, -0.25) is 15.5 Å². The van der Waals surface area contributed by atoms with Crippen molar-refractivity contribution in [2.75, 3.05) is 0 Å². The minimum absolute atomic E-state index is 0.0437. The second kappa shape index (κ2) is 10.2. The van der Waals surface area contributed by atoms with Crippen molar-refractivity contribution in [1.82, 2.24) is 10.6 Å². The minimum atomic E-state index is -1.08. The summed E-state index contributed by atoms with van der Waals surface area (Å²) in [6.45, 7) is 0. The van der Waals surface area contributed by atoms with Crippen LogP contribution in [0, 0.1) is 11.3 Å². The van der Waals surface area contributed by atoms with Crippen LogP contribution in [-0.2, 0) is 4.79 Å². The SMILES string of the molecule is N=C(NC(=O)C(NC(O)c1ccc(Cl)c(Cl)c1)C1CCCCC1)c1ccccc1. The van der Waals surface area contributed by atoms with Crippen molar-refractivity contribution in [3.63, 3.8) is 0 Å². The Kier molecular flexibility index (Phi) is 7.67. The molecule has 2 atom stereocenters. The lowest BCUT2D eigenvalue weighted by atomic mass is 9.83. The average molecular weight is 434 g/mol. The maximum Gasteiger partial charge on any atom is 0.243 e. The van der Waals surface area contributed by atoms with Gasteiger partial charge in [0.2, 0.25) is 5.91 Å². The van der Waals surface area contributed by atoms with E-state index in [9.17, 15) is 9.90 Å². The Balaban J connectivity index is 1.75. The number of carbonyl (C=O) groups is 1. The van der Waals surface area contributed by atoms with Crippen LogP contribution in [0.2, 0.25) is 10.0 Å². The van der Waals surface area contributed by atoms with Gasteiger partial charge in [-0.2, -0.15) is 0 Å². The number of amidine groups is 1. The summed E-state index contributed by atoms with van der Waals surface area (Å²) < 4.78 is 0. The zero-order valence-electron chi connectivity index (χ0n) is 16.0. The van der Waals surface area contributed by atoms with Crippen molar-refractivity contribution >= 4 is 34.9 Å². The molecular weight excluding hydrogens is 409 g/mol. The minimum Gasteiger partial charge on any atom is -0.374 e. The standard InChI is InChI=1S/C22H25Cl2N3O2/c23-17-12-11-16(13-18(17)24)21(28)26-19(14-7-3-1-4-8-14)22(29)27-20(25)15-9-5-2-6-10-15/h2,5-6,9-14,19,21,26,28H,1,3-4,7-8H2,(H2,25,27,29). The van der Waals surface area contributed by atoms with Gasteiger partial charge in [-0.05, 0) is 36.5 Å². The van der Waals surface area contributed by atoms with E-state index in [1.807, 2.05) is 18.2 Å². The van der Waals surface area contributed by atoms with Crippen LogP contribution in [0.3, 0.4) is 0 Å². The largest absolute Gasteiger partial charge is 0.374 e. The Morgan fingerprint density at radius 1 is 1.03 bits per heavy atom. The highest BCUT2D eigenvalue weighted by Gasteiger charge is 2.32. The Morgan fingerprint density at radius 3 is 2.38 bits per heavy atom. The van der Waals surface area contributed by atoms with Crippen LogP contribution in [0.1, 0.15) is 49.5 Å². The molecule has 2 aromatic carbocycles. The van der Waals surface area contributed by atoms with Crippen LogP contribution in [0.4, 0.5) is 0 Å². The van der Waals surface area contributed by atoms with Crippen LogP contribution in [0.15, 0.2) is 48.5 Å². The molecule has 3 rings (SSSR count). The van der Waals surface area contributed by atoms with Crippen molar-refractivity contribution in [2.45, 2.75) is 44.4 Å². The van der Waals surface area contributed by atoms with Crippen LogP contribution >= 0.6 is 23.2 Å². The summed E-state index contributed by atoms with van der Waals surface area (Å²) in [5, 5.41) is 25.4. The quantitative estimate of drug-likeness (QED) is 0.303. The molecule has 1 aliphatic rings. The number of aliphatic hydroxyl groups excluding tert-OH is 1. The number of nitrogens with one attached hydrogen (secondary N) is 3. The highest BCUT2D eigenvalue weighted by molar-refractivity contribution is 6.42. The van der Waals surface area contributed by atoms with Crippen LogP contribution in [-0.4, -0.2) is 22.9 Å². The molecule has 1 amide bonds. The molecule has 0 spiro atoms. The summed E-state index contributed by atoms with van der Waals surface area (Å²) in [6.07, 6.45) is 3.98. The second-order valence-corrected chi connectivity index (χ2v) is 8.16. The lowest BCUT2D eigenvalue weighted by Gasteiger charge is -2.32. The van der Waals surface area contributed by atoms with E-state index in [0.717, 1.165) is 32.1 Å². The van der Waals surface area contributed by atoms with E-state index >= 15 is 0 Å². The molecule has 2 unspecified atom stereocenters. The Bertz CT molecular complexity index is 854. The fourth-order valence-corrected chi connectivity index (χ4v) is 4.03. The van der Waals surface area contributed by atoms with Crippen LogP contribution in [0.25, 0.3) is 0 Å². The molecule has 7 heteroatoms. The number of amides is 1. The van der Waals surface area contributed by atoms with Gasteiger partial charge in [-0.15, -0.1) is 0 Å². The van der Waals surface area contributed by atoms with E-state index in [0.29, 0.717) is 21.2 Å². The third kappa shape index (κ3) is 5.80. The summed E-state index contributed by atoms with van der Waals surface area (Å²) >= 11 is 12.0. The second-order valence-electron chi connectivity index (χ2n) is 7.35. The maximum atomic E-state index is 13.0. The highest BCUT2D eigenvalue weighted by atomic mass is 35.5. The fourth-order valence-electron chi connectivity index (χ4n) is 3.72. The number of hydrogen-bond acceptors (Lipinski definition) is 4. The van der Waals surface area contributed by atoms with Crippen LogP contribution in [0.5, 0.6) is 0 Å². The molecule has 4 N–H and O–H groups in total. The van der Waals surface area contributed by atoms with Crippen molar-refractivity contribution < 1.29 is 9.90 Å². The lowest BCUT2D eigenvalue weighted by Crippen LogP contribution is -2.51. The molecular formula is C22H25Cl2N3O2. The maximum absolute atomic E-state index is 13.0. The van der Waals surface area contributed by atoms with E-state index in [2.05, 4.69) is 10.6 Å². The third-order valence-corrected chi connectivity index (χ3v) is 6.05. The van der Waals surface area contributed by atoms with Crippen molar-refractivity contribution in [2.24, 2.45) is 5.92 Å². The van der Waals surface area contributed by atoms with Gasteiger partial charge in [0.25, 0.3) is 0 Å². The van der Waals surface area contributed by atoms with Crippen LogP contribution < -0.4 is 10.6 Å². The molecule has 1 fully saturated rings. The monoisotopic (exact) mass is 433 g/mol. The molecule has 5 nitrogen and oxygen atoms in total. The van der Waals surface area contributed by atoms with Gasteiger partial charge in [-0.1, -0.05) is 78.9 Å². The normalized spacial score (nSPS) is 16.8. The number of hydrogen-bond donors (Lipinski definition) is 4. The molecule has 154 valence electrons. The van der Waals surface area contributed by atoms with Crippen molar-refractivity contribution in [3.8, 4) is 0 Å². The predicted octanol–water partition coefficient (Wildman–Crippen LogP) is 4.66. The van der Waals surface area contributed by atoms with Gasteiger partial charge in [-0.25, -0.2) is 0 Å². The first-order chi connectivity index (χ1) is 14.0. The van der Waals surface area contributed by atoms with Gasteiger partial charge < -0.3 is 10.4 Å². The van der Waals surface area contributed by atoms with Gasteiger partial charge in [0.05, 0.1) is 16.1 Å². The molecule has 0 bridgehead atoms. The summed E-state index contributed by atoms with van der Waals surface area (Å²) in [5.74, 6) is -0.183. The smallest absolute Gasteiger partial charge is 0.243 e. The molecule has 0 aliphatic heterocycles.